The summed E-state index contributed by atoms with van der Waals surface area (Å²) >= 11 is 3.66. The number of anilines is 1. The summed E-state index contributed by atoms with van der Waals surface area (Å²) in [5, 5.41) is 1.08. The molecule has 0 aliphatic heterocycles. The van der Waals surface area contributed by atoms with E-state index in [0.29, 0.717) is 5.92 Å². The first-order valence-corrected chi connectivity index (χ1v) is 8.17. The van der Waals surface area contributed by atoms with Gasteiger partial charge in [-0.1, -0.05) is 61.3 Å². The second kappa shape index (κ2) is 8.58. The van der Waals surface area contributed by atoms with Crippen LogP contribution >= 0.6 is 15.9 Å². The molecular weight excluding hydrogens is 286 g/mol. The van der Waals surface area contributed by atoms with E-state index in [1.54, 1.807) is 0 Å². The molecule has 1 atom stereocenters. The van der Waals surface area contributed by atoms with Gasteiger partial charge in [-0.05, 0) is 30.4 Å². The van der Waals surface area contributed by atoms with Gasteiger partial charge in [-0.3, -0.25) is 0 Å². The average Bonchev–Trinajstić information content (AvgIpc) is 2.39. The topological polar surface area (TPSA) is 3.24 Å². The standard InChI is InChI=1S/C16H26BrN/c1-4-5-11-18(13-15(12-17)14(2)3)16-9-7-6-8-10-16/h6-10,14-15H,4-5,11-13H2,1-3H3. The van der Waals surface area contributed by atoms with Crippen molar-refractivity contribution < 1.29 is 0 Å². The Hall–Kier alpha value is -0.500. The van der Waals surface area contributed by atoms with E-state index in [1.807, 2.05) is 0 Å². The number of nitrogens with zero attached hydrogens (tertiary/aromatic N) is 1. The maximum atomic E-state index is 3.66. The van der Waals surface area contributed by atoms with Gasteiger partial charge in [-0.2, -0.15) is 0 Å². The maximum absolute atomic E-state index is 3.66. The zero-order valence-corrected chi connectivity index (χ0v) is 13.5. The van der Waals surface area contributed by atoms with Gasteiger partial charge < -0.3 is 4.90 Å². The summed E-state index contributed by atoms with van der Waals surface area (Å²) in [6.45, 7) is 9.20. The molecule has 1 aromatic carbocycles. The summed E-state index contributed by atoms with van der Waals surface area (Å²) in [5.74, 6) is 1.43. The van der Waals surface area contributed by atoms with Crippen molar-refractivity contribution in [1.82, 2.24) is 0 Å². The molecule has 0 saturated carbocycles. The SMILES string of the molecule is CCCCN(CC(CBr)C(C)C)c1ccccc1. The second-order valence-electron chi connectivity index (χ2n) is 5.29. The average molecular weight is 312 g/mol. The van der Waals surface area contributed by atoms with E-state index >= 15 is 0 Å². The van der Waals surface area contributed by atoms with Crippen LogP contribution < -0.4 is 4.90 Å². The monoisotopic (exact) mass is 311 g/mol. The van der Waals surface area contributed by atoms with Gasteiger partial charge in [0.05, 0.1) is 0 Å². The third kappa shape index (κ3) is 5.01. The van der Waals surface area contributed by atoms with Gasteiger partial charge >= 0.3 is 0 Å². The van der Waals surface area contributed by atoms with Crippen molar-refractivity contribution in [3.05, 3.63) is 30.3 Å². The Morgan fingerprint density at radius 1 is 1.17 bits per heavy atom. The zero-order valence-electron chi connectivity index (χ0n) is 11.9. The first kappa shape index (κ1) is 15.6. The van der Waals surface area contributed by atoms with Crippen molar-refractivity contribution in [3.8, 4) is 0 Å². The summed E-state index contributed by atoms with van der Waals surface area (Å²) in [4.78, 5) is 2.54. The molecule has 0 spiro atoms. The van der Waals surface area contributed by atoms with Crippen molar-refractivity contribution in [1.29, 1.82) is 0 Å². The molecule has 0 heterocycles. The lowest BCUT2D eigenvalue weighted by Gasteiger charge is -2.30. The Morgan fingerprint density at radius 3 is 2.33 bits per heavy atom. The maximum Gasteiger partial charge on any atom is 0.0366 e. The molecule has 18 heavy (non-hydrogen) atoms. The normalized spacial score (nSPS) is 12.7. The molecule has 1 rings (SSSR count). The molecule has 0 bridgehead atoms. The Bertz CT molecular complexity index is 310. The van der Waals surface area contributed by atoms with E-state index in [0.717, 1.165) is 24.3 Å². The molecule has 2 heteroatoms. The van der Waals surface area contributed by atoms with Gasteiger partial charge in [-0.15, -0.1) is 0 Å². The van der Waals surface area contributed by atoms with Crippen LogP contribution in [0.4, 0.5) is 5.69 Å². The van der Waals surface area contributed by atoms with Gasteiger partial charge in [0.1, 0.15) is 0 Å². The van der Waals surface area contributed by atoms with Gasteiger partial charge in [0.25, 0.3) is 0 Å². The number of hydrogen-bond donors (Lipinski definition) is 0. The predicted molar refractivity (Wildman–Crippen MR) is 85.7 cm³/mol. The summed E-state index contributed by atoms with van der Waals surface area (Å²) in [6, 6.07) is 10.8. The van der Waals surface area contributed by atoms with Gasteiger partial charge in [0.15, 0.2) is 0 Å². The minimum Gasteiger partial charge on any atom is -0.371 e. The van der Waals surface area contributed by atoms with Crippen LogP contribution in [0.5, 0.6) is 0 Å². The lowest BCUT2D eigenvalue weighted by atomic mass is 9.97. The molecule has 1 nitrogen and oxygen atoms in total. The van der Waals surface area contributed by atoms with Crippen molar-refractivity contribution in [2.45, 2.75) is 33.6 Å². The summed E-state index contributed by atoms with van der Waals surface area (Å²) in [7, 11) is 0. The molecule has 0 fully saturated rings. The van der Waals surface area contributed by atoms with Gasteiger partial charge in [-0.25, -0.2) is 0 Å². The lowest BCUT2D eigenvalue weighted by Crippen LogP contribution is -2.33. The van der Waals surface area contributed by atoms with Crippen molar-refractivity contribution in [2.24, 2.45) is 11.8 Å². The number of hydrogen-bond acceptors (Lipinski definition) is 1. The largest absolute Gasteiger partial charge is 0.371 e. The Morgan fingerprint density at radius 2 is 1.83 bits per heavy atom. The van der Waals surface area contributed by atoms with Crippen LogP contribution in [0.25, 0.3) is 0 Å². The van der Waals surface area contributed by atoms with E-state index < -0.39 is 0 Å². The fraction of sp³-hybridized carbons (Fsp3) is 0.625. The first-order chi connectivity index (χ1) is 8.69. The first-order valence-electron chi connectivity index (χ1n) is 7.05. The number of benzene rings is 1. The fourth-order valence-electron chi connectivity index (χ4n) is 2.03. The summed E-state index contributed by atoms with van der Waals surface area (Å²) < 4.78 is 0. The quantitative estimate of drug-likeness (QED) is 0.613. The molecule has 0 aliphatic carbocycles. The van der Waals surface area contributed by atoms with Crippen LogP contribution in [-0.2, 0) is 0 Å². The van der Waals surface area contributed by atoms with Crippen LogP contribution in [0, 0.1) is 11.8 Å². The van der Waals surface area contributed by atoms with E-state index in [9.17, 15) is 0 Å². The van der Waals surface area contributed by atoms with Crippen LogP contribution in [0.1, 0.15) is 33.6 Å². The predicted octanol–water partition coefficient (Wildman–Crippen LogP) is 4.96. The number of unbranched alkanes of at least 4 members (excludes halogenated alkanes) is 1. The number of para-hydroxylation sites is 1. The molecule has 102 valence electrons. The zero-order chi connectivity index (χ0) is 13.4. The van der Waals surface area contributed by atoms with Crippen LogP contribution in [-0.4, -0.2) is 18.4 Å². The smallest absolute Gasteiger partial charge is 0.0366 e. The summed E-state index contributed by atoms with van der Waals surface area (Å²) in [5.41, 5.74) is 1.36. The molecule has 1 aromatic rings. The molecule has 0 amide bonds. The highest BCUT2D eigenvalue weighted by atomic mass is 79.9. The van der Waals surface area contributed by atoms with Gasteiger partial charge in [0.2, 0.25) is 0 Å². The van der Waals surface area contributed by atoms with Crippen LogP contribution in [0.15, 0.2) is 30.3 Å². The summed E-state index contributed by atoms with van der Waals surface area (Å²) in [6.07, 6.45) is 2.52. The lowest BCUT2D eigenvalue weighted by molar-refractivity contribution is 0.423. The fourth-order valence-corrected chi connectivity index (χ4v) is 2.99. The molecule has 0 aromatic heterocycles. The second-order valence-corrected chi connectivity index (χ2v) is 5.94. The van der Waals surface area contributed by atoms with E-state index in [2.05, 4.69) is 71.9 Å². The molecule has 0 radical (unpaired) electrons. The van der Waals surface area contributed by atoms with Crippen molar-refractivity contribution in [3.63, 3.8) is 0 Å². The number of rotatable bonds is 8. The third-order valence-corrected chi connectivity index (χ3v) is 4.33. The highest BCUT2D eigenvalue weighted by Crippen LogP contribution is 2.21. The Kier molecular flexibility index (Phi) is 7.41. The van der Waals surface area contributed by atoms with Crippen LogP contribution in [0.2, 0.25) is 0 Å². The van der Waals surface area contributed by atoms with Gasteiger partial charge in [0, 0.05) is 24.1 Å². The van der Waals surface area contributed by atoms with Crippen LogP contribution in [0.3, 0.4) is 0 Å². The highest BCUT2D eigenvalue weighted by molar-refractivity contribution is 9.09. The minimum atomic E-state index is 0.710. The molecular formula is C16H26BrN. The highest BCUT2D eigenvalue weighted by Gasteiger charge is 2.16. The Labute approximate surface area is 121 Å². The van der Waals surface area contributed by atoms with E-state index in [4.69, 9.17) is 0 Å². The molecule has 0 saturated heterocycles. The van der Waals surface area contributed by atoms with Crippen molar-refractivity contribution in [2.75, 3.05) is 23.3 Å². The molecule has 0 aliphatic rings. The molecule has 1 unspecified atom stereocenters. The van der Waals surface area contributed by atoms with E-state index in [-0.39, 0.29) is 0 Å². The minimum absolute atomic E-state index is 0.710. The van der Waals surface area contributed by atoms with Crippen molar-refractivity contribution >= 4 is 21.6 Å². The van der Waals surface area contributed by atoms with E-state index in [1.165, 1.54) is 18.5 Å². The molecule has 0 N–H and O–H groups in total. The Balaban J connectivity index is 2.72. The number of halogens is 1. The number of alkyl halides is 1. The third-order valence-electron chi connectivity index (χ3n) is 3.50.